The van der Waals surface area contributed by atoms with Crippen molar-refractivity contribution in [3.8, 4) is 22.3 Å². The lowest BCUT2D eigenvalue weighted by Gasteiger charge is -2.35. The maximum atomic E-state index is 2.41. The van der Waals surface area contributed by atoms with E-state index >= 15 is 0 Å². The van der Waals surface area contributed by atoms with E-state index in [2.05, 4.69) is 252 Å². The number of fused-ring (bicyclic) bond motifs is 3. The number of rotatable bonds is 9. The Morgan fingerprint density at radius 2 is 0.614 bits per heavy atom. The molecule has 1 aliphatic carbocycles. The van der Waals surface area contributed by atoms with Crippen molar-refractivity contribution in [1.29, 1.82) is 0 Å². The van der Waals surface area contributed by atoms with Crippen molar-refractivity contribution in [3.05, 3.63) is 265 Å². The Morgan fingerprint density at radius 3 is 1.18 bits per heavy atom. The number of hydrogen-bond acceptors (Lipinski definition) is 2. The van der Waals surface area contributed by atoms with E-state index in [-0.39, 0.29) is 0 Å². The van der Waals surface area contributed by atoms with Crippen LogP contribution in [0.3, 0.4) is 0 Å². The second-order valence-corrected chi connectivity index (χ2v) is 14.5. The van der Waals surface area contributed by atoms with E-state index in [1.165, 1.54) is 44.5 Å². The van der Waals surface area contributed by atoms with Crippen LogP contribution in [0.2, 0.25) is 0 Å². The van der Waals surface area contributed by atoms with Gasteiger partial charge in [-0.3, -0.25) is 0 Å². The zero-order chi connectivity index (χ0) is 38.0. The minimum absolute atomic E-state index is 0.495. The predicted molar refractivity (Wildman–Crippen MR) is 239 cm³/mol. The highest BCUT2D eigenvalue weighted by molar-refractivity contribution is 5.88. The average molecular weight is 729 g/mol. The zero-order valence-electron chi connectivity index (χ0n) is 31.5. The molecule has 2 nitrogen and oxygen atoms in total. The van der Waals surface area contributed by atoms with Crippen LogP contribution in [-0.2, 0) is 5.41 Å². The summed E-state index contributed by atoms with van der Waals surface area (Å²) in [6.45, 7) is 0. The number of benzene rings is 9. The van der Waals surface area contributed by atoms with E-state index in [0.29, 0.717) is 0 Å². The van der Waals surface area contributed by atoms with Gasteiger partial charge in [0.25, 0.3) is 0 Å². The molecule has 0 N–H and O–H groups in total. The first-order chi connectivity index (χ1) is 28.3. The molecule has 2 heteroatoms. The summed E-state index contributed by atoms with van der Waals surface area (Å²) < 4.78 is 0. The molecule has 0 amide bonds. The van der Waals surface area contributed by atoms with Crippen LogP contribution in [0, 0.1) is 0 Å². The highest BCUT2D eigenvalue weighted by Crippen LogP contribution is 2.56. The molecule has 0 atom stereocenters. The maximum Gasteiger partial charge on any atom is 0.0714 e. The lowest BCUT2D eigenvalue weighted by Crippen LogP contribution is -2.28. The molecule has 0 heterocycles. The van der Waals surface area contributed by atoms with Gasteiger partial charge in [-0.25, -0.2) is 0 Å². The molecule has 0 spiro atoms. The quantitative estimate of drug-likeness (QED) is 0.146. The van der Waals surface area contributed by atoms with Crippen LogP contribution in [0.15, 0.2) is 243 Å². The van der Waals surface area contributed by atoms with E-state index in [4.69, 9.17) is 0 Å². The lowest BCUT2D eigenvalue weighted by molar-refractivity contribution is 0.768. The third-order valence-corrected chi connectivity index (χ3v) is 11.3. The van der Waals surface area contributed by atoms with E-state index in [1.807, 2.05) is 0 Å². The second-order valence-electron chi connectivity index (χ2n) is 14.5. The van der Waals surface area contributed by atoms with Gasteiger partial charge in [0.1, 0.15) is 0 Å². The molecule has 0 bridgehead atoms. The fraction of sp³-hybridized carbons (Fsp3) is 0.0182. The van der Waals surface area contributed by atoms with Gasteiger partial charge in [-0.1, -0.05) is 176 Å². The molecule has 0 aliphatic heterocycles. The minimum Gasteiger partial charge on any atom is -0.310 e. The van der Waals surface area contributed by atoms with Crippen molar-refractivity contribution < 1.29 is 0 Å². The minimum atomic E-state index is -0.495. The average Bonchev–Trinajstić information content (AvgIpc) is 3.60. The Hall–Kier alpha value is -7.42. The van der Waals surface area contributed by atoms with Crippen LogP contribution in [0.1, 0.15) is 22.3 Å². The molecule has 1 aliphatic rings. The number of para-hydroxylation sites is 2. The summed E-state index contributed by atoms with van der Waals surface area (Å²) in [6.07, 6.45) is 0. The Balaban J connectivity index is 1.14. The highest BCUT2D eigenvalue weighted by atomic mass is 15.2. The van der Waals surface area contributed by atoms with Crippen molar-refractivity contribution in [2.24, 2.45) is 0 Å². The van der Waals surface area contributed by atoms with Crippen LogP contribution < -0.4 is 9.80 Å². The summed E-state index contributed by atoms with van der Waals surface area (Å²) in [6, 6.07) is 87.8. The first kappa shape index (κ1) is 34.1. The summed E-state index contributed by atoms with van der Waals surface area (Å²) in [7, 11) is 0. The van der Waals surface area contributed by atoms with Crippen molar-refractivity contribution in [3.63, 3.8) is 0 Å². The first-order valence-corrected chi connectivity index (χ1v) is 19.6. The van der Waals surface area contributed by atoms with Crippen molar-refractivity contribution in [2.45, 2.75) is 5.41 Å². The van der Waals surface area contributed by atoms with E-state index in [1.54, 1.807) is 0 Å². The molecule has 0 saturated carbocycles. The van der Waals surface area contributed by atoms with Gasteiger partial charge in [-0.05, 0) is 111 Å². The normalized spacial score (nSPS) is 12.4. The number of nitrogens with zero attached hydrogens (tertiary/aromatic N) is 2. The standard InChI is InChI=1S/C55H40N2/c1-5-19-41(20-6-1)42-35-37-47(38-36-42)56(45-24-9-3-10-25-45)49-29-18-30-50(40-49)57(46-26-11-4-12-27-46)48-28-17-23-44(39-48)55(43-21-7-2-8-22-43)53-33-15-13-31-51(53)52-32-14-16-34-54(52)55/h1-40H. The summed E-state index contributed by atoms with van der Waals surface area (Å²) in [5, 5.41) is 0. The molecular weight excluding hydrogens is 689 g/mol. The van der Waals surface area contributed by atoms with Crippen LogP contribution in [0.5, 0.6) is 0 Å². The highest BCUT2D eigenvalue weighted by Gasteiger charge is 2.46. The van der Waals surface area contributed by atoms with Crippen LogP contribution >= 0.6 is 0 Å². The van der Waals surface area contributed by atoms with Crippen LogP contribution in [0.25, 0.3) is 22.3 Å². The predicted octanol–water partition coefficient (Wildman–Crippen LogP) is 14.7. The molecule has 270 valence electrons. The van der Waals surface area contributed by atoms with E-state index in [9.17, 15) is 0 Å². The molecule has 9 aromatic rings. The topological polar surface area (TPSA) is 6.48 Å². The van der Waals surface area contributed by atoms with Gasteiger partial charge in [0.2, 0.25) is 0 Å². The van der Waals surface area contributed by atoms with Crippen molar-refractivity contribution >= 4 is 34.1 Å². The monoisotopic (exact) mass is 728 g/mol. The molecule has 0 unspecified atom stereocenters. The smallest absolute Gasteiger partial charge is 0.0714 e. The summed E-state index contributed by atoms with van der Waals surface area (Å²) in [4.78, 5) is 4.73. The number of anilines is 6. The molecule has 0 fully saturated rings. The van der Waals surface area contributed by atoms with Gasteiger partial charge in [0.15, 0.2) is 0 Å². The molecule has 10 rings (SSSR count). The maximum absolute atomic E-state index is 2.41. The molecule has 9 aromatic carbocycles. The SMILES string of the molecule is c1ccc(-c2ccc(N(c3ccccc3)c3cccc(N(c4ccccc4)c4cccc(C5(c6ccccc6)c6ccccc6-c6ccccc65)c4)c3)cc2)cc1. The van der Waals surface area contributed by atoms with Gasteiger partial charge in [-0.2, -0.15) is 0 Å². The molecule has 57 heavy (non-hydrogen) atoms. The Bertz CT molecular complexity index is 2730. The molecule has 0 saturated heterocycles. The Morgan fingerprint density at radius 1 is 0.246 bits per heavy atom. The van der Waals surface area contributed by atoms with Gasteiger partial charge in [0.05, 0.1) is 5.41 Å². The van der Waals surface area contributed by atoms with Gasteiger partial charge in [0, 0.05) is 34.1 Å². The molecular formula is C55H40N2. The van der Waals surface area contributed by atoms with Crippen LogP contribution in [-0.4, -0.2) is 0 Å². The number of hydrogen-bond donors (Lipinski definition) is 0. The fourth-order valence-electron chi connectivity index (χ4n) is 8.84. The second kappa shape index (κ2) is 14.7. The third kappa shape index (κ3) is 6.00. The largest absolute Gasteiger partial charge is 0.310 e. The molecule has 0 aromatic heterocycles. The Labute approximate surface area is 335 Å². The van der Waals surface area contributed by atoms with Gasteiger partial charge in [-0.15, -0.1) is 0 Å². The summed E-state index contributed by atoms with van der Waals surface area (Å²) in [5.41, 5.74) is 16.1. The van der Waals surface area contributed by atoms with Crippen molar-refractivity contribution in [1.82, 2.24) is 0 Å². The van der Waals surface area contributed by atoms with Crippen molar-refractivity contribution in [2.75, 3.05) is 9.80 Å². The zero-order valence-corrected chi connectivity index (χ0v) is 31.5. The van der Waals surface area contributed by atoms with E-state index in [0.717, 1.165) is 34.1 Å². The van der Waals surface area contributed by atoms with Gasteiger partial charge < -0.3 is 9.80 Å². The summed E-state index contributed by atoms with van der Waals surface area (Å²) >= 11 is 0. The van der Waals surface area contributed by atoms with Gasteiger partial charge >= 0.3 is 0 Å². The van der Waals surface area contributed by atoms with Crippen LogP contribution in [0.4, 0.5) is 34.1 Å². The summed E-state index contributed by atoms with van der Waals surface area (Å²) in [5.74, 6) is 0. The lowest BCUT2D eigenvalue weighted by atomic mass is 9.67. The fourth-order valence-corrected chi connectivity index (χ4v) is 8.84. The van der Waals surface area contributed by atoms with E-state index < -0.39 is 5.41 Å². The molecule has 0 radical (unpaired) electrons. The first-order valence-electron chi connectivity index (χ1n) is 19.6. The third-order valence-electron chi connectivity index (χ3n) is 11.3. The Kier molecular flexibility index (Phi) is 8.78.